The number of rotatable bonds is 5. The fraction of sp³-hybridized carbons (Fsp3) is 0.143. The van der Waals surface area contributed by atoms with Gasteiger partial charge in [-0.2, -0.15) is 4.98 Å². The second kappa shape index (κ2) is 8.00. The van der Waals surface area contributed by atoms with Gasteiger partial charge in [0.2, 0.25) is 11.9 Å². The van der Waals surface area contributed by atoms with Crippen molar-refractivity contribution < 1.29 is 4.79 Å². The van der Waals surface area contributed by atoms with Gasteiger partial charge < -0.3 is 4.57 Å². The van der Waals surface area contributed by atoms with Crippen molar-refractivity contribution >= 4 is 38.9 Å². The molecule has 2 heterocycles. The van der Waals surface area contributed by atoms with Crippen LogP contribution in [-0.4, -0.2) is 25.0 Å². The van der Waals surface area contributed by atoms with Gasteiger partial charge in [-0.1, -0.05) is 60.7 Å². The summed E-state index contributed by atoms with van der Waals surface area (Å²) in [5.41, 5.74) is 2.36. The normalized spacial score (nSPS) is 11.0. The van der Waals surface area contributed by atoms with E-state index < -0.39 is 0 Å². The number of anilines is 1. The van der Waals surface area contributed by atoms with Crippen molar-refractivity contribution in [1.82, 2.24) is 19.1 Å². The molecular weight excluding hydrogens is 434 g/mol. The molecule has 8 heteroatoms. The summed E-state index contributed by atoms with van der Waals surface area (Å²) in [6.07, 6.45) is 0. The molecule has 0 saturated carbocycles. The van der Waals surface area contributed by atoms with E-state index in [1.165, 1.54) is 11.5 Å². The molecule has 1 N–H and O–H groups in total. The Morgan fingerprint density at radius 1 is 0.931 bits per heavy atom. The molecule has 2 aromatic heterocycles. The third kappa shape index (κ3) is 3.97. The van der Waals surface area contributed by atoms with E-state index in [4.69, 9.17) is 0 Å². The quantitative estimate of drug-likeness (QED) is 0.471. The average Bonchev–Trinajstić information content (AvgIpc) is 3.01. The van der Waals surface area contributed by atoms with E-state index in [0.717, 1.165) is 11.1 Å². The van der Waals surface area contributed by atoms with Crippen LogP contribution in [0.5, 0.6) is 0 Å². The lowest BCUT2D eigenvalue weighted by molar-refractivity contribution is -0.114. The number of nitrogens with zero attached hydrogens (tertiary/aromatic N) is 4. The minimum absolute atomic E-state index is 0.177. The van der Waals surface area contributed by atoms with Crippen LogP contribution in [0.2, 0.25) is 0 Å². The predicted molar refractivity (Wildman–Crippen MR) is 115 cm³/mol. The van der Waals surface area contributed by atoms with Crippen LogP contribution in [0.4, 0.5) is 5.95 Å². The highest BCUT2D eigenvalue weighted by atomic mass is 79.9. The number of hydrogen-bond donors (Lipinski definition) is 1. The summed E-state index contributed by atoms with van der Waals surface area (Å²) in [6, 6.07) is 19.4. The van der Waals surface area contributed by atoms with Crippen molar-refractivity contribution in [2.24, 2.45) is 0 Å². The Morgan fingerprint density at radius 3 is 2.03 bits per heavy atom. The van der Waals surface area contributed by atoms with Gasteiger partial charge >= 0.3 is 0 Å². The SMILES string of the molecule is CC(=O)Nc1nc2nc(Br)n(Cc3ccccc3)c2c(=O)n1Cc1ccccc1. The van der Waals surface area contributed by atoms with Crippen LogP contribution in [0.15, 0.2) is 70.2 Å². The topological polar surface area (TPSA) is 81.8 Å². The van der Waals surface area contributed by atoms with Gasteiger partial charge in [0.1, 0.15) is 0 Å². The first-order valence-corrected chi connectivity index (χ1v) is 9.84. The minimum atomic E-state index is -0.305. The highest BCUT2D eigenvalue weighted by Gasteiger charge is 2.19. The molecule has 7 nitrogen and oxygen atoms in total. The highest BCUT2D eigenvalue weighted by Crippen LogP contribution is 2.20. The monoisotopic (exact) mass is 451 g/mol. The van der Waals surface area contributed by atoms with Gasteiger partial charge in [-0.15, -0.1) is 0 Å². The number of halogens is 1. The Kier molecular flexibility index (Phi) is 5.26. The van der Waals surface area contributed by atoms with Gasteiger partial charge in [-0.3, -0.25) is 19.5 Å². The number of amides is 1. The third-order valence-corrected chi connectivity index (χ3v) is 5.08. The number of carbonyl (C=O) groups is 1. The molecule has 29 heavy (non-hydrogen) atoms. The number of hydrogen-bond acceptors (Lipinski definition) is 4. The molecule has 0 radical (unpaired) electrons. The molecular formula is C21H18BrN5O2. The zero-order valence-electron chi connectivity index (χ0n) is 15.7. The van der Waals surface area contributed by atoms with E-state index in [1.807, 2.05) is 60.7 Å². The van der Waals surface area contributed by atoms with E-state index in [1.54, 1.807) is 4.57 Å². The van der Waals surface area contributed by atoms with Gasteiger partial charge in [-0.05, 0) is 27.1 Å². The number of nitrogens with one attached hydrogen (secondary N) is 1. The van der Waals surface area contributed by atoms with E-state index in [9.17, 15) is 9.59 Å². The number of fused-ring (bicyclic) bond motifs is 1. The summed E-state index contributed by atoms with van der Waals surface area (Å²) < 4.78 is 3.76. The molecule has 0 aliphatic heterocycles. The smallest absolute Gasteiger partial charge is 0.281 e. The Balaban J connectivity index is 1.89. The summed E-state index contributed by atoms with van der Waals surface area (Å²) >= 11 is 3.44. The maximum atomic E-state index is 13.4. The summed E-state index contributed by atoms with van der Waals surface area (Å²) in [5, 5.41) is 2.65. The summed E-state index contributed by atoms with van der Waals surface area (Å²) in [7, 11) is 0. The second-order valence-electron chi connectivity index (χ2n) is 6.62. The van der Waals surface area contributed by atoms with Crippen molar-refractivity contribution in [3.8, 4) is 0 Å². The van der Waals surface area contributed by atoms with Crippen molar-refractivity contribution in [3.05, 3.63) is 86.9 Å². The number of aromatic nitrogens is 4. The third-order valence-electron chi connectivity index (χ3n) is 4.47. The van der Waals surface area contributed by atoms with Crippen LogP contribution in [-0.2, 0) is 17.9 Å². The summed E-state index contributed by atoms with van der Waals surface area (Å²) in [4.78, 5) is 34.0. The molecule has 0 unspecified atom stereocenters. The van der Waals surface area contributed by atoms with Gasteiger partial charge in [0.25, 0.3) is 5.56 Å². The Hall–Kier alpha value is -3.26. The van der Waals surface area contributed by atoms with E-state index >= 15 is 0 Å². The molecule has 0 aliphatic rings. The fourth-order valence-electron chi connectivity index (χ4n) is 3.16. The maximum Gasteiger partial charge on any atom is 0.281 e. The molecule has 0 bridgehead atoms. The molecule has 0 aliphatic carbocycles. The van der Waals surface area contributed by atoms with E-state index in [0.29, 0.717) is 16.8 Å². The highest BCUT2D eigenvalue weighted by molar-refractivity contribution is 9.10. The Bertz CT molecular complexity index is 1230. The lowest BCUT2D eigenvalue weighted by Gasteiger charge is -2.13. The standard InChI is InChI=1S/C21H18BrN5O2/c1-14(28)23-21-25-18-17(19(29)27(21)13-16-10-6-3-7-11-16)26(20(22)24-18)12-15-8-4-2-5-9-15/h2-11H,12-13H2,1H3,(H,23,25,28). The van der Waals surface area contributed by atoms with Crippen LogP contribution in [0.25, 0.3) is 11.2 Å². The zero-order valence-corrected chi connectivity index (χ0v) is 17.3. The van der Waals surface area contributed by atoms with Crippen molar-refractivity contribution in [2.45, 2.75) is 20.0 Å². The zero-order chi connectivity index (χ0) is 20.4. The molecule has 4 aromatic rings. The van der Waals surface area contributed by atoms with Crippen LogP contribution in [0.1, 0.15) is 18.1 Å². The summed E-state index contributed by atoms with van der Waals surface area (Å²) in [6.45, 7) is 2.14. The lowest BCUT2D eigenvalue weighted by atomic mass is 10.2. The van der Waals surface area contributed by atoms with Crippen LogP contribution < -0.4 is 10.9 Å². The van der Waals surface area contributed by atoms with Crippen LogP contribution >= 0.6 is 15.9 Å². The van der Waals surface area contributed by atoms with E-state index in [2.05, 4.69) is 31.2 Å². The van der Waals surface area contributed by atoms with Crippen LogP contribution in [0.3, 0.4) is 0 Å². The molecule has 146 valence electrons. The fourth-order valence-corrected chi connectivity index (χ4v) is 3.63. The van der Waals surface area contributed by atoms with Crippen molar-refractivity contribution in [3.63, 3.8) is 0 Å². The first-order chi connectivity index (χ1) is 14.0. The van der Waals surface area contributed by atoms with Crippen molar-refractivity contribution in [1.29, 1.82) is 0 Å². The minimum Gasteiger partial charge on any atom is -0.308 e. The molecule has 1 amide bonds. The van der Waals surface area contributed by atoms with Gasteiger partial charge in [0.15, 0.2) is 15.9 Å². The largest absolute Gasteiger partial charge is 0.308 e. The lowest BCUT2D eigenvalue weighted by Crippen LogP contribution is -2.28. The van der Waals surface area contributed by atoms with Gasteiger partial charge in [0.05, 0.1) is 13.1 Å². The van der Waals surface area contributed by atoms with E-state index in [-0.39, 0.29) is 29.6 Å². The molecule has 0 fully saturated rings. The summed E-state index contributed by atoms with van der Waals surface area (Å²) in [5.74, 6) is -0.128. The van der Waals surface area contributed by atoms with Crippen LogP contribution in [0, 0.1) is 0 Å². The molecule has 4 rings (SSSR count). The molecule has 0 spiro atoms. The number of benzene rings is 2. The first-order valence-electron chi connectivity index (χ1n) is 9.05. The predicted octanol–water partition coefficient (Wildman–Crippen LogP) is 3.41. The molecule has 0 atom stereocenters. The Morgan fingerprint density at radius 2 is 1.48 bits per heavy atom. The number of carbonyl (C=O) groups excluding carboxylic acids is 1. The molecule has 0 saturated heterocycles. The number of imidazole rings is 1. The maximum absolute atomic E-state index is 13.4. The second-order valence-corrected chi connectivity index (χ2v) is 7.33. The van der Waals surface area contributed by atoms with Gasteiger partial charge in [0, 0.05) is 6.92 Å². The average molecular weight is 452 g/mol. The first kappa shape index (κ1) is 19.1. The molecule has 2 aromatic carbocycles. The van der Waals surface area contributed by atoms with Crippen molar-refractivity contribution in [2.75, 3.05) is 5.32 Å². The Labute approximate surface area is 175 Å². The van der Waals surface area contributed by atoms with Gasteiger partial charge in [-0.25, -0.2) is 4.98 Å².